The molecule has 0 aliphatic carbocycles. The Bertz CT molecular complexity index is 857. The summed E-state index contributed by atoms with van der Waals surface area (Å²) in [4.78, 5) is 21.6. The number of piperidine rings is 2. The van der Waals surface area contributed by atoms with Crippen molar-refractivity contribution in [2.75, 3.05) is 44.3 Å². The molecule has 2 saturated heterocycles. The first kappa shape index (κ1) is 24.8. The van der Waals surface area contributed by atoms with Gasteiger partial charge in [-0.3, -0.25) is 9.69 Å². The van der Waals surface area contributed by atoms with Gasteiger partial charge in [-0.05, 0) is 80.7 Å². The quantitative estimate of drug-likeness (QED) is 0.688. The number of rotatable bonds is 6. The highest BCUT2D eigenvalue weighted by atomic mass is 16.5. The van der Waals surface area contributed by atoms with Crippen LogP contribution in [0.3, 0.4) is 0 Å². The molecule has 1 aromatic heterocycles. The van der Waals surface area contributed by atoms with Gasteiger partial charge in [-0.15, -0.1) is 0 Å². The van der Waals surface area contributed by atoms with Gasteiger partial charge in [0.25, 0.3) is 0 Å². The molecule has 0 bridgehead atoms. The van der Waals surface area contributed by atoms with E-state index >= 15 is 0 Å². The van der Waals surface area contributed by atoms with E-state index in [-0.39, 0.29) is 5.92 Å². The first-order valence-corrected chi connectivity index (χ1v) is 12.2. The number of nitrogens with one attached hydrogen (secondary N) is 1. The molecule has 7 nitrogen and oxygen atoms in total. The van der Waals surface area contributed by atoms with Gasteiger partial charge in [-0.1, -0.05) is 13.8 Å². The van der Waals surface area contributed by atoms with Gasteiger partial charge in [-0.2, -0.15) is 0 Å². The van der Waals surface area contributed by atoms with Crippen molar-refractivity contribution in [1.82, 2.24) is 14.8 Å². The van der Waals surface area contributed by atoms with Gasteiger partial charge >= 0.3 is 0 Å². The van der Waals surface area contributed by atoms with Crippen LogP contribution in [-0.4, -0.2) is 60.0 Å². The molecule has 33 heavy (non-hydrogen) atoms. The van der Waals surface area contributed by atoms with Crippen LogP contribution in [0.15, 0.2) is 42.6 Å². The SMILES string of the molecule is CC.COc1ccc(NC2CCN(C(=O)C3CCN(Cc4ccnc(N)c4)CC3)CC2)cc1. The molecule has 0 saturated carbocycles. The van der Waals surface area contributed by atoms with E-state index in [9.17, 15) is 4.79 Å². The summed E-state index contributed by atoms with van der Waals surface area (Å²) in [6.45, 7) is 8.45. The molecular weight excluding hydrogens is 414 g/mol. The Morgan fingerprint density at radius 3 is 2.33 bits per heavy atom. The number of nitrogen functional groups attached to an aromatic ring is 1. The summed E-state index contributed by atoms with van der Waals surface area (Å²) in [6, 6.07) is 12.4. The van der Waals surface area contributed by atoms with E-state index in [0.29, 0.717) is 17.8 Å². The average molecular weight is 454 g/mol. The first-order valence-electron chi connectivity index (χ1n) is 12.2. The van der Waals surface area contributed by atoms with Crippen molar-refractivity contribution in [2.24, 2.45) is 5.92 Å². The molecule has 2 fully saturated rings. The van der Waals surface area contributed by atoms with Gasteiger partial charge in [0.1, 0.15) is 11.6 Å². The van der Waals surface area contributed by atoms with Crippen LogP contribution in [0.2, 0.25) is 0 Å². The fourth-order valence-electron chi connectivity index (χ4n) is 4.61. The molecule has 3 heterocycles. The van der Waals surface area contributed by atoms with Gasteiger partial charge < -0.3 is 20.7 Å². The number of hydrogen-bond acceptors (Lipinski definition) is 6. The highest BCUT2D eigenvalue weighted by molar-refractivity contribution is 5.79. The number of ether oxygens (including phenoxy) is 1. The average Bonchev–Trinajstić information content (AvgIpc) is 2.86. The topological polar surface area (TPSA) is 83.7 Å². The third-order valence-corrected chi connectivity index (χ3v) is 6.46. The lowest BCUT2D eigenvalue weighted by Crippen LogP contribution is -2.47. The Morgan fingerprint density at radius 2 is 1.73 bits per heavy atom. The summed E-state index contributed by atoms with van der Waals surface area (Å²) in [5.41, 5.74) is 8.07. The fourth-order valence-corrected chi connectivity index (χ4v) is 4.61. The number of benzene rings is 1. The van der Waals surface area contributed by atoms with E-state index in [1.165, 1.54) is 5.56 Å². The van der Waals surface area contributed by atoms with Gasteiger partial charge in [0.15, 0.2) is 0 Å². The number of carbonyl (C=O) groups is 1. The molecule has 0 spiro atoms. The smallest absolute Gasteiger partial charge is 0.225 e. The molecule has 0 unspecified atom stereocenters. The minimum Gasteiger partial charge on any atom is -0.497 e. The lowest BCUT2D eigenvalue weighted by molar-refractivity contribution is -0.138. The largest absolute Gasteiger partial charge is 0.497 e. The number of nitrogens with zero attached hydrogens (tertiary/aromatic N) is 3. The predicted octanol–water partition coefficient (Wildman–Crippen LogP) is 4.01. The van der Waals surface area contributed by atoms with E-state index in [4.69, 9.17) is 10.5 Å². The van der Waals surface area contributed by atoms with Crippen LogP contribution in [-0.2, 0) is 11.3 Å². The van der Waals surface area contributed by atoms with Crippen LogP contribution in [0.25, 0.3) is 0 Å². The maximum Gasteiger partial charge on any atom is 0.225 e. The second kappa shape index (κ2) is 12.4. The van der Waals surface area contributed by atoms with E-state index in [1.807, 2.05) is 50.2 Å². The zero-order valence-electron chi connectivity index (χ0n) is 20.3. The third-order valence-electron chi connectivity index (χ3n) is 6.46. The van der Waals surface area contributed by atoms with Gasteiger partial charge in [0, 0.05) is 43.5 Å². The Morgan fingerprint density at radius 1 is 1.06 bits per heavy atom. The second-order valence-corrected chi connectivity index (χ2v) is 8.61. The van der Waals surface area contributed by atoms with Gasteiger partial charge in [-0.25, -0.2) is 4.98 Å². The molecule has 2 aromatic rings. The van der Waals surface area contributed by atoms with Crippen molar-refractivity contribution >= 4 is 17.4 Å². The van der Waals surface area contributed by atoms with Crippen molar-refractivity contribution < 1.29 is 9.53 Å². The summed E-state index contributed by atoms with van der Waals surface area (Å²) in [5.74, 6) is 1.93. The lowest BCUT2D eigenvalue weighted by atomic mass is 9.93. The zero-order chi connectivity index (χ0) is 23.6. The Kier molecular flexibility index (Phi) is 9.36. The molecule has 2 aliphatic heterocycles. The van der Waals surface area contributed by atoms with Crippen LogP contribution in [0.4, 0.5) is 11.5 Å². The highest BCUT2D eigenvalue weighted by Crippen LogP contribution is 2.25. The van der Waals surface area contributed by atoms with Crippen LogP contribution in [0, 0.1) is 5.92 Å². The minimum atomic E-state index is 0.157. The fraction of sp³-hybridized carbons (Fsp3) is 0.538. The summed E-state index contributed by atoms with van der Waals surface area (Å²) in [7, 11) is 1.68. The molecule has 1 aromatic carbocycles. The maximum absolute atomic E-state index is 13.0. The second-order valence-electron chi connectivity index (χ2n) is 8.61. The van der Waals surface area contributed by atoms with E-state index in [2.05, 4.69) is 20.1 Å². The van der Waals surface area contributed by atoms with Crippen molar-refractivity contribution in [3.63, 3.8) is 0 Å². The molecular formula is C26H39N5O2. The first-order chi connectivity index (χ1) is 16.1. The molecule has 0 radical (unpaired) electrons. The Labute approximate surface area is 198 Å². The molecule has 3 N–H and O–H groups in total. The van der Waals surface area contributed by atoms with E-state index in [0.717, 1.165) is 69.8 Å². The van der Waals surface area contributed by atoms with E-state index in [1.54, 1.807) is 13.3 Å². The van der Waals surface area contributed by atoms with Crippen LogP contribution < -0.4 is 15.8 Å². The minimum absolute atomic E-state index is 0.157. The van der Waals surface area contributed by atoms with Crippen molar-refractivity contribution in [2.45, 2.75) is 52.1 Å². The van der Waals surface area contributed by atoms with Crippen molar-refractivity contribution in [3.05, 3.63) is 48.2 Å². The standard InChI is InChI=1S/C24H33N5O2.C2H6/c1-31-22-4-2-20(3-5-22)27-21-9-14-29(15-10-21)24(30)19-7-12-28(13-8-19)17-18-6-11-26-23(25)16-18;1-2/h2-6,11,16,19,21,27H,7-10,12-15,17H2,1H3,(H2,25,26);1-2H3. The number of aromatic nitrogens is 1. The van der Waals surface area contributed by atoms with Gasteiger partial charge in [0.05, 0.1) is 7.11 Å². The summed E-state index contributed by atoms with van der Waals surface area (Å²) in [6.07, 6.45) is 5.60. The van der Waals surface area contributed by atoms with Gasteiger partial charge in [0.2, 0.25) is 5.91 Å². The normalized spacial score (nSPS) is 17.7. The number of amides is 1. The molecule has 0 atom stereocenters. The number of hydrogen-bond donors (Lipinski definition) is 2. The molecule has 4 rings (SSSR count). The number of methoxy groups -OCH3 is 1. The van der Waals surface area contributed by atoms with Crippen LogP contribution in [0.1, 0.15) is 45.1 Å². The maximum atomic E-state index is 13.0. The molecule has 7 heteroatoms. The lowest BCUT2D eigenvalue weighted by Gasteiger charge is -2.37. The number of carbonyl (C=O) groups excluding carboxylic acids is 1. The number of anilines is 2. The number of pyridine rings is 1. The van der Waals surface area contributed by atoms with E-state index < -0.39 is 0 Å². The number of likely N-dealkylation sites (tertiary alicyclic amines) is 2. The third kappa shape index (κ3) is 7.09. The van der Waals surface area contributed by atoms with Crippen LogP contribution in [0.5, 0.6) is 5.75 Å². The monoisotopic (exact) mass is 453 g/mol. The molecule has 2 aliphatic rings. The highest BCUT2D eigenvalue weighted by Gasteiger charge is 2.30. The molecule has 180 valence electrons. The van der Waals surface area contributed by atoms with Crippen molar-refractivity contribution in [3.8, 4) is 5.75 Å². The number of nitrogens with two attached hydrogens (primary N) is 1. The summed E-state index contributed by atoms with van der Waals surface area (Å²) >= 11 is 0. The Balaban J connectivity index is 0.00000149. The Hall–Kier alpha value is -2.80. The van der Waals surface area contributed by atoms with Crippen LogP contribution >= 0.6 is 0 Å². The predicted molar refractivity (Wildman–Crippen MR) is 134 cm³/mol. The van der Waals surface area contributed by atoms with Crippen molar-refractivity contribution in [1.29, 1.82) is 0 Å². The zero-order valence-corrected chi connectivity index (χ0v) is 20.3. The molecule has 1 amide bonds. The summed E-state index contributed by atoms with van der Waals surface area (Å²) < 4.78 is 5.22. The summed E-state index contributed by atoms with van der Waals surface area (Å²) in [5, 5.41) is 3.59.